The Morgan fingerprint density at radius 3 is 2.00 bits per heavy atom. The van der Waals surface area contributed by atoms with Crippen LogP contribution in [0.5, 0.6) is 0 Å². The molecule has 2 radical (unpaired) electrons. The summed E-state index contributed by atoms with van der Waals surface area (Å²) in [5.74, 6) is 0.206. The Hall–Kier alpha value is -0.285. The van der Waals surface area contributed by atoms with Crippen LogP contribution in [0.25, 0.3) is 0 Å². The second kappa shape index (κ2) is 3.13. The first-order valence-electron chi connectivity index (χ1n) is 4.26. The molecule has 1 aliphatic heterocycles. The van der Waals surface area contributed by atoms with Crippen molar-refractivity contribution in [3.05, 3.63) is 10.5 Å². The third kappa shape index (κ3) is 1.44. The quantitative estimate of drug-likeness (QED) is 0.591. The molecule has 0 aromatic heterocycles. The van der Waals surface area contributed by atoms with E-state index in [4.69, 9.17) is 7.98 Å². The molecular weight excluding hydrogens is 185 g/mol. The molecule has 0 saturated heterocycles. The minimum Gasteiger partial charge on any atom is -0.245 e. The van der Waals surface area contributed by atoms with Crippen LogP contribution in [0.3, 0.4) is 0 Å². The molecule has 1 unspecified atom stereocenters. The van der Waals surface area contributed by atoms with Gasteiger partial charge in [0.1, 0.15) is 0 Å². The number of sulfonamides is 1. The summed E-state index contributed by atoms with van der Waals surface area (Å²) in [6.45, 7) is 7.35. The van der Waals surface area contributed by atoms with Gasteiger partial charge in [0.2, 0.25) is 18.0 Å². The van der Waals surface area contributed by atoms with Gasteiger partial charge in [0.15, 0.2) is 0 Å². The van der Waals surface area contributed by atoms with Crippen LogP contribution >= 0.6 is 0 Å². The van der Waals surface area contributed by atoms with E-state index in [1.54, 1.807) is 6.92 Å². The van der Waals surface area contributed by atoms with Crippen LogP contribution < -0.4 is 0 Å². The highest BCUT2D eigenvalue weighted by Gasteiger charge is 2.38. The van der Waals surface area contributed by atoms with Crippen LogP contribution in [0.15, 0.2) is 10.5 Å². The van der Waals surface area contributed by atoms with E-state index in [0.29, 0.717) is 4.91 Å². The summed E-state index contributed by atoms with van der Waals surface area (Å²) in [7, 11) is 2.19. The molecule has 1 rings (SSSR count). The second-order valence-corrected chi connectivity index (χ2v) is 5.75. The topological polar surface area (TPSA) is 37.4 Å². The van der Waals surface area contributed by atoms with Gasteiger partial charge in [-0.25, -0.2) is 12.6 Å². The fourth-order valence-corrected chi connectivity index (χ4v) is 3.25. The first-order valence-corrected chi connectivity index (χ1v) is 5.70. The number of nitrogens with zero attached hydrogens (tertiary/aromatic N) is 1. The Morgan fingerprint density at radius 2 is 1.85 bits per heavy atom. The number of rotatable bonds is 1. The van der Waals surface area contributed by atoms with E-state index in [1.807, 2.05) is 20.8 Å². The van der Waals surface area contributed by atoms with E-state index in [-0.39, 0.29) is 12.0 Å². The summed E-state index contributed by atoms with van der Waals surface area (Å²) in [5.41, 5.74) is 0.859. The maximum atomic E-state index is 11.6. The Balaban J connectivity index is 3.23. The number of hydrogen-bond donors (Lipinski definition) is 0. The average Bonchev–Trinajstić information content (AvgIpc) is 2.14. The molecule has 5 heteroatoms. The molecule has 1 aliphatic rings. The summed E-state index contributed by atoms with van der Waals surface area (Å²) in [4.78, 5) is 0.397. The Labute approximate surface area is 81.3 Å². The third-order valence-corrected chi connectivity index (χ3v) is 4.45. The van der Waals surface area contributed by atoms with E-state index in [2.05, 4.69) is 0 Å². The molecule has 0 saturated carbocycles. The average molecular weight is 199 g/mol. The molecule has 0 fully saturated rings. The van der Waals surface area contributed by atoms with Crippen molar-refractivity contribution in [1.29, 1.82) is 0 Å². The molecule has 0 aromatic carbocycles. The smallest absolute Gasteiger partial charge is 0.228 e. The normalized spacial score (nSPS) is 28.8. The van der Waals surface area contributed by atoms with Crippen LogP contribution in [-0.4, -0.2) is 26.7 Å². The first kappa shape index (κ1) is 10.8. The maximum absolute atomic E-state index is 11.6. The van der Waals surface area contributed by atoms with Crippen LogP contribution in [0, 0.1) is 5.92 Å². The molecule has 0 bridgehead atoms. The van der Waals surface area contributed by atoms with Crippen LogP contribution in [0.4, 0.5) is 0 Å². The van der Waals surface area contributed by atoms with Gasteiger partial charge in [-0.2, -0.15) is 0 Å². The lowest BCUT2D eigenvalue weighted by atomic mass is 9.95. The molecular formula is C8H14BNO2S. The summed E-state index contributed by atoms with van der Waals surface area (Å²) >= 11 is 0. The summed E-state index contributed by atoms with van der Waals surface area (Å²) < 4.78 is 24.1. The van der Waals surface area contributed by atoms with Crippen molar-refractivity contribution < 1.29 is 8.42 Å². The highest BCUT2D eigenvalue weighted by molar-refractivity contribution is 7.94. The summed E-state index contributed by atoms with van der Waals surface area (Å²) in [6, 6.07) is -0.176. The van der Waals surface area contributed by atoms with Gasteiger partial charge in [-0.1, -0.05) is 13.8 Å². The molecule has 13 heavy (non-hydrogen) atoms. The second-order valence-electron chi connectivity index (χ2n) is 3.76. The van der Waals surface area contributed by atoms with Crippen molar-refractivity contribution in [2.45, 2.75) is 33.7 Å². The van der Waals surface area contributed by atoms with Crippen molar-refractivity contribution in [1.82, 2.24) is 4.22 Å². The summed E-state index contributed by atoms with van der Waals surface area (Å²) in [6.07, 6.45) is 0. The highest BCUT2D eigenvalue weighted by Crippen LogP contribution is 2.33. The maximum Gasteiger partial charge on any atom is 0.228 e. The molecule has 0 N–H and O–H groups in total. The van der Waals surface area contributed by atoms with E-state index >= 15 is 0 Å². The Morgan fingerprint density at radius 1 is 1.38 bits per heavy atom. The van der Waals surface area contributed by atoms with E-state index < -0.39 is 10.0 Å². The van der Waals surface area contributed by atoms with Gasteiger partial charge in [-0.3, -0.25) is 0 Å². The molecule has 0 amide bonds. The standard InChI is InChI=1S/C8H14BNO2S/c1-5(2)8-6(3)7(4)13(11,12)10(8)9/h5,8H,1-4H3. The van der Waals surface area contributed by atoms with E-state index in [1.165, 1.54) is 0 Å². The van der Waals surface area contributed by atoms with Crippen LogP contribution in [-0.2, 0) is 10.0 Å². The lowest BCUT2D eigenvalue weighted by Crippen LogP contribution is -2.36. The zero-order valence-corrected chi connectivity index (χ0v) is 9.22. The molecule has 72 valence electrons. The fraction of sp³-hybridized carbons (Fsp3) is 0.750. The monoisotopic (exact) mass is 199 g/mol. The minimum absolute atomic E-state index is 0.176. The van der Waals surface area contributed by atoms with Crippen molar-refractivity contribution in [2.75, 3.05) is 0 Å². The van der Waals surface area contributed by atoms with Gasteiger partial charge < -0.3 is 0 Å². The van der Waals surface area contributed by atoms with Gasteiger partial charge in [-0.05, 0) is 25.3 Å². The zero-order chi connectivity index (χ0) is 10.4. The number of hydrogen-bond acceptors (Lipinski definition) is 2. The molecule has 0 aromatic rings. The van der Waals surface area contributed by atoms with E-state index in [9.17, 15) is 8.42 Å². The highest BCUT2D eigenvalue weighted by atomic mass is 32.2. The molecule has 1 heterocycles. The Bertz CT molecular complexity index is 345. The molecule has 3 nitrogen and oxygen atoms in total. The zero-order valence-electron chi connectivity index (χ0n) is 8.40. The Kier molecular flexibility index (Phi) is 2.60. The van der Waals surface area contributed by atoms with Crippen LogP contribution in [0.1, 0.15) is 27.7 Å². The largest absolute Gasteiger partial charge is 0.245 e. The fourth-order valence-electron chi connectivity index (χ4n) is 1.70. The SMILES string of the molecule is [B]N1C(C(C)C)C(C)=C(C)S1(=O)=O. The third-order valence-electron chi connectivity index (χ3n) is 2.57. The first-order chi connectivity index (χ1) is 5.80. The van der Waals surface area contributed by atoms with Gasteiger partial charge >= 0.3 is 0 Å². The van der Waals surface area contributed by atoms with Crippen molar-refractivity contribution in [3.8, 4) is 0 Å². The van der Waals surface area contributed by atoms with Gasteiger partial charge in [0.25, 0.3) is 0 Å². The molecule has 0 spiro atoms. The van der Waals surface area contributed by atoms with Gasteiger partial charge in [0.05, 0.1) is 4.91 Å². The van der Waals surface area contributed by atoms with E-state index in [0.717, 1.165) is 9.79 Å². The minimum atomic E-state index is -3.36. The van der Waals surface area contributed by atoms with Crippen molar-refractivity contribution in [2.24, 2.45) is 5.92 Å². The summed E-state index contributed by atoms with van der Waals surface area (Å²) in [5, 5.41) is 0. The van der Waals surface area contributed by atoms with Crippen molar-refractivity contribution >= 4 is 18.0 Å². The lowest BCUT2D eigenvalue weighted by molar-refractivity contribution is 0.413. The van der Waals surface area contributed by atoms with Gasteiger partial charge in [-0.15, -0.1) is 0 Å². The lowest BCUT2D eigenvalue weighted by Gasteiger charge is -2.24. The van der Waals surface area contributed by atoms with Crippen LogP contribution in [0.2, 0.25) is 0 Å². The van der Waals surface area contributed by atoms with Crippen molar-refractivity contribution in [3.63, 3.8) is 0 Å². The number of allylic oxidation sites excluding steroid dienone is 1. The molecule has 0 aliphatic carbocycles. The predicted molar refractivity (Wildman–Crippen MR) is 53.5 cm³/mol. The van der Waals surface area contributed by atoms with Gasteiger partial charge in [0, 0.05) is 6.04 Å². The predicted octanol–water partition coefficient (Wildman–Crippen LogP) is 1.03. The molecule has 1 atom stereocenters.